The van der Waals surface area contributed by atoms with Gasteiger partial charge in [-0.25, -0.2) is 13.1 Å². The Labute approximate surface area is 101 Å². The van der Waals surface area contributed by atoms with Gasteiger partial charge in [0.15, 0.2) is 0 Å². The van der Waals surface area contributed by atoms with Gasteiger partial charge < -0.3 is 5.73 Å². The summed E-state index contributed by atoms with van der Waals surface area (Å²) in [5, 5.41) is 0. The van der Waals surface area contributed by atoms with Crippen LogP contribution in [0.4, 0.5) is 0 Å². The summed E-state index contributed by atoms with van der Waals surface area (Å²) in [6.45, 7) is 0.356. The van der Waals surface area contributed by atoms with Gasteiger partial charge in [0.2, 0.25) is 10.0 Å². The molecule has 0 fully saturated rings. The molecular weight excluding hydrogens is 244 g/mol. The highest BCUT2D eigenvalue weighted by Crippen LogP contribution is 1.98. The number of rotatable bonds is 6. The molecule has 16 heavy (non-hydrogen) atoms. The summed E-state index contributed by atoms with van der Waals surface area (Å²) in [5.41, 5.74) is 6.26. The van der Waals surface area contributed by atoms with Crippen molar-refractivity contribution >= 4 is 27.2 Å². The van der Waals surface area contributed by atoms with E-state index in [0.717, 1.165) is 5.56 Å². The van der Waals surface area contributed by atoms with Crippen LogP contribution in [0.3, 0.4) is 0 Å². The number of nitrogens with two attached hydrogens (primary N) is 1. The van der Waals surface area contributed by atoms with E-state index in [9.17, 15) is 8.42 Å². The molecule has 0 heterocycles. The molecule has 0 amide bonds. The molecule has 0 aromatic heterocycles. The highest BCUT2D eigenvalue weighted by molar-refractivity contribution is 7.92. The number of thiocarbonyl (C=S) groups is 1. The zero-order valence-corrected chi connectivity index (χ0v) is 10.4. The van der Waals surface area contributed by atoms with E-state index in [-0.39, 0.29) is 10.7 Å². The van der Waals surface area contributed by atoms with Crippen LogP contribution in [-0.4, -0.2) is 25.7 Å². The van der Waals surface area contributed by atoms with Crippen molar-refractivity contribution in [1.29, 1.82) is 0 Å². The molecule has 0 unspecified atom stereocenters. The molecule has 0 atom stereocenters. The molecule has 1 aromatic rings. The van der Waals surface area contributed by atoms with Gasteiger partial charge in [-0.3, -0.25) is 0 Å². The predicted octanol–water partition coefficient (Wildman–Crippen LogP) is 0.435. The average molecular weight is 258 g/mol. The minimum atomic E-state index is -3.37. The van der Waals surface area contributed by atoms with Crippen LogP contribution < -0.4 is 10.5 Å². The first-order valence-corrected chi connectivity index (χ1v) is 6.85. The monoisotopic (exact) mass is 258 g/mol. The maximum absolute atomic E-state index is 11.4. The third-order valence-corrected chi connectivity index (χ3v) is 3.57. The van der Waals surface area contributed by atoms with Gasteiger partial charge >= 0.3 is 0 Å². The van der Waals surface area contributed by atoms with Gasteiger partial charge in [-0.1, -0.05) is 42.5 Å². The molecule has 0 radical (unpaired) electrons. The van der Waals surface area contributed by atoms with Crippen LogP contribution in [0.15, 0.2) is 30.3 Å². The maximum Gasteiger partial charge on any atom is 0.218 e. The highest BCUT2D eigenvalue weighted by atomic mass is 32.2. The lowest BCUT2D eigenvalue weighted by Gasteiger charge is -2.05. The fourth-order valence-electron chi connectivity index (χ4n) is 1.23. The second-order valence-corrected chi connectivity index (χ2v) is 5.69. The Kier molecular flexibility index (Phi) is 4.85. The molecule has 0 aliphatic rings. The summed E-state index contributed by atoms with van der Waals surface area (Å²) < 4.78 is 25.1. The third kappa shape index (κ3) is 5.20. The van der Waals surface area contributed by atoms with Crippen LogP contribution in [0.1, 0.15) is 5.56 Å². The van der Waals surface area contributed by atoms with E-state index in [1.54, 1.807) is 0 Å². The molecule has 6 heteroatoms. The van der Waals surface area contributed by atoms with Crippen molar-refractivity contribution in [2.24, 2.45) is 5.73 Å². The van der Waals surface area contributed by atoms with E-state index in [4.69, 9.17) is 5.73 Å². The van der Waals surface area contributed by atoms with Gasteiger partial charge in [0, 0.05) is 6.54 Å². The SMILES string of the molecule is NC(=S)CS(=O)(=O)NCCc1ccccc1. The van der Waals surface area contributed by atoms with Crippen LogP contribution in [0.2, 0.25) is 0 Å². The average Bonchev–Trinajstić information content (AvgIpc) is 2.16. The Morgan fingerprint density at radius 2 is 1.94 bits per heavy atom. The first-order valence-electron chi connectivity index (χ1n) is 4.79. The number of nitrogens with one attached hydrogen (secondary N) is 1. The highest BCUT2D eigenvalue weighted by Gasteiger charge is 2.10. The van der Waals surface area contributed by atoms with Gasteiger partial charge in [0.1, 0.15) is 5.75 Å². The Bertz CT molecular complexity index is 443. The predicted molar refractivity (Wildman–Crippen MR) is 68.7 cm³/mol. The van der Waals surface area contributed by atoms with Crippen molar-refractivity contribution < 1.29 is 8.42 Å². The molecule has 1 aromatic carbocycles. The molecule has 0 saturated carbocycles. The standard InChI is InChI=1S/C10H14N2O2S2/c11-10(15)8-16(13,14)12-7-6-9-4-2-1-3-5-9/h1-5,12H,6-8H2,(H2,11,15). The maximum atomic E-state index is 11.4. The second-order valence-electron chi connectivity index (χ2n) is 3.36. The van der Waals surface area contributed by atoms with E-state index in [2.05, 4.69) is 16.9 Å². The molecule has 3 N–H and O–H groups in total. The molecule has 88 valence electrons. The lowest BCUT2D eigenvalue weighted by molar-refractivity contribution is 0.586. The van der Waals surface area contributed by atoms with Crippen molar-refractivity contribution in [3.63, 3.8) is 0 Å². The quantitative estimate of drug-likeness (QED) is 0.726. The lowest BCUT2D eigenvalue weighted by Crippen LogP contribution is -2.33. The molecule has 0 saturated heterocycles. The Morgan fingerprint density at radius 3 is 2.50 bits per heavy atom. The fraction of sp³-hybridized carbons (Fsp3) is 0.300. The lowest BCUT2D eigenvalue weighted by atomic mass is 10.2. The molecular formula is C10H14N2O2S2. The summed E-state index contributed by atoms with van der Waals surface area (Å²) in [5.74, 6) is -0.295. The van der Waals surface area contributed by atoms with Gasteiger partial charge in [-0.05, 0) is 12.0 Å². The second kappa shape index (κ2) is 5.93. The molecule has 0 aliphatic heterocycles. The van der Waals surface area contributed by atoms with Crippen LogP contribution in [0.5, 0.6) is 0 Å². The Hall–Kier alpha value is -0.980. The molecule has 1 rings (SSSR count). The molecule has 4 nitrogen and oxygen atoms in total. The van der Waals surface area contributed by atoms with Crippen LogP contribution >= 0.6 is 12.2 Å². The minimum absolute atomic E-state index is 0.0211. The summed E-state index contributed by atoms with van der Waals surface area (Å²) in [4.78, 5) is -0.0211. The molecule has 0 bridgehead atoms. The minimum Gasteiger partial charge on any atom is -0.392 e. The summed E-state index contributed by atoms with van der Waals surface area (Å²) in [6.07, 6.45) is 0.650. The van der Waals surface area contributed by atoms with Crippen LogP contribution in [0, 0.1) is 0 Å². The Morgan fingerprint density at radius 1 is 1.31 bits per heavy atom. The zero-order valence-electron chi connectivity index (χ0n) is 8.72. The first kappa shape index (κ1) is 13.1. The van der Waals surface area contributed by atoms with Gasteiger partial charge in [0.25, 0.3) is 0 Å². The third-order valence-electron chi connectivity index (χ3n) is 1.91. The van der Waals surface area contributed by atoms with Crippen molar-refractivity contribution in [2.45, 2.75) is 6.42 Å². The zero-order chi connectivity index (χ0) is 12.0. The van der Waals surface area contributed by atoms with E-state index in [1.807, 2.05) is 30.3 Å². The Balaban J connectivity index is 2.39. The number of sulfonamides is 1. The number of hydrogen-bond donors (Lipinski definition) is 2. The van der Waals surface area contributed by atoms with E-state index >= 15 is 0 Å². The molecule has 0 aliphatic carbocycles. The van der Waals surface area contributed by atoms with Crippen molar-refractivity contribution in [3.05, 3.63) is 35.9 Å². The number of benzene rings is 1. The largest absolute Gasteiger partial charge is 0.392 e. The van der Waals surface area contributed by atoms with Gasteiger partial charge in [0.05, 0.1) is 4.99 Å². The van der Waals surface area contributed by atoms with E-state index in [1.165, 1.54) is 0 Å². The topological polar surface area (TPSA) is 72.2 Å². The normalized spacial score (nSPS) is 11.2. The fourth-order valence-corrected chi connectivity index (χ4v) is 2.59. The van der Waals surface area contributed by atoms with Gasteiger partial charge in [-0.15, -0.1) is 0 Å². The first-order chi connectivity index (χ1) is 7.49. The molecule has 0 spiro atoms. The smallest absolute Gasteiger partial charge is 0.218 e. The summed E-state index contributed by atoms with van der Waals surface area (Å²) in [6, 6.07) is 9.64. The van der Waals surface area contributed by atoms with Gasteiger partial charge in [-0.2, -0.15) is 0 Å². The summed E-state index contributed by atoms with van der Waals surface area (Å²) >= 11 is 4.55. The van der Waals surface area contributed by atoms with E-state index < -0.39 is 10.0 Å². The van der Waals surface area contributed by atoms with Crippen molar-refractivity contribution in [1.82, 2.24) is 4.72 Å². The van der Waals surface area contributed by atoms with Crippen molar-refractivity contribution in [2.75, 3.05) is 12.3 Å². The summed E-state index contributed by atoms with van der Waals surface area (Å²) in [7, 11) is -3.37. The van der Waals surface area contributed by atoms with E-state index in [0.29, 0.717) is 13.0 Å². The van der Waals surface area contributed by atoms with Crippen molar-refractivity contribution in [3.8, 4) is 0 Å². The van der Waals surface area contributed by atoms with Crippen LogP contribution in [0.25, 0.3) is 0 Å². The number of hydrogen-bond acceptors (Lipinski definition) is 3. The van der Waals surface area contributed by atoms with Crippen LogP contribution in [-0.2, 0) is 16.4 Å².